The monoisotopic (exact) mass is 229 g/mol. The molecule has 2 aromatic rings. The molecule has 1 unspecified atom stereocenters. The minimum atomic E-state index is 0.410. The maximum atomic E-state index is 4.35. The van der Waals surface area contributed by atoms with Crippen molar-refractivity contribution in [3.05, 3.63) is 48.5 Å². The van der Waals surface area contributed by atoms with Gasteiger partial charge >= 0.3 is 0 Å². The highest BCUT2D eigenvalue weighted by molar-refractivity contribution is 5.42. The van der Waals surface area contributed by atoms with Gasteiger partial charge in [-0.05, 0) is 19.1 Å². The second-order valence-electron chi connectivity index (χ2n) is 4.20. The molecule has 0 spiro atoms. The van der Waals surface area contributed by atoms with E-state index in [0.29, 0.717) is 6.04 Å². The van der Waals surface area contributed by atoms with Gasteiger partial charge in [0, 0.05) is 37.1 Å². The number of imidazole rings is 1. The van der Waals surface area contributed by atoms with Gasteiger partial charge in [0.25, 0.3) is 0 Å². The molecule has 1 heterocycles. The molecule has 1 aromatic carbocycles. The summed E-state index contributed by atoms with van der Waals surface area (Å²) in [5.41, 5.74) is 1.16. The number of hydrogen-bond acceptors (Lipinski definition) is 2. The zero-order chi connectivity index (χ0) is 12.1. The third-order valence-corrected chi connectivity index (χ3v) is 2.92. The van der Waals surface area contributed by atoms with Gasteiger partial charge in [0.1, 0.15) is 5.82 Å². The number of nitrogens with one attached hydrogen (secondary N) is 1. The second-order valence-corrected chi connectivity index (χ2v) is 4.20. The van der Waals surface area contributed by atoms with E-state index in [9.17, 15) is 0 Å². The Hall–Kier alpha value is -1.77. The lowest BCUT2D eigenvalue weighted by Crippen LogP contribution is -2.17. The van der Waals surface area contributed by atoms with Crippen molar-refractivity contribution in [2.24, 2.45) is 0 Å². The largest absolute Gasteiger partial charge is 0.383 e. The summed E-state index contributed by atoms with van der Waals surface area (Å²) < 4.78 is 2.23. The maximum absolute atomic E-state index is 4.35. The van der Waals surface area contributed by atoms with Crippen LogP contribution in [0, 0.1) is 0 Å². The Bertz CT molecular complexity index is 448. The molecule has 2 rings (SSSR count). The summed E-state index contributed by atoms with van der Waals surface area (Å²) in [7, 11) is 0. The SMILES string of the molecule is CCc1nccn1C(C)CNc1ccccc1. The minimum Gasteiger partial charge on any atom is -0.383 e. The summed E-state index contributed by atoms with van der Waals surface area (Å²) in [5, 5.41) is 3.44. The molecule has 0 radical (unpaired) electrons. The molecule has 0 saturated heterocycles. The summed E-state index contributed by atoms with van der Waals surface area (Å²) in [6.07, 6.45) is 4.90. The Balaban J connectivity index is 1.96. The summed E-state index contributed by atoms with van der Waals surface area (Å²) in [4.78, 5) is 4.35. The van der Waals surface area contributed by atoms with E-state index in [1.54, 1.807) is 0 Å². The van der Waals surface area contributed by atoms with Crippen LogP contribution in [0.1, 0.15) is 25.7 Å². The Kier molecular flexibility index (Phi) is 3.81. The van der Waals surface area contributed by atoms with Gasteiger partial charge in [0.05, 0.1) is 0 Å². The first-order chi connectivity index (χ1) is 8.31. The number of nitrogens with zero attached hydrogens (tertiary/aromatic N) is 2. The van der Waals surface area contributed by atoms with E-state index in [2.05, 4.69) is 47.0 Å². The minimum absolute atomic E-state index is 0.410. The van der Waals surface area contributed by atoms with Gasteiger partial charge in [-0.15, -0.1) is 0 Å². The first-order valence-electron chi connectivity index (χ1n) is 6.12. The fourth-order valence-corrected chi connectivity index (χ4v) is 1.94. The first kappa shape index (κ1) is 11.7. The van der Waals surface area contributed by atoms with Crippen LogP contribution >= 0.6 is 0 Å². The number of anilines is 1. The summed E-state index contributed by atoms with van der Waals surface area (Å²) in [6.45, 7) is 5.25. The lowest BCUT2D eigenvalue weighted by Gasteiger charge is -2.17. The molecule has 1 aromatic heterocycles. The predicted octanol–water partition coefficient (Wildman–Crippen LogP) is 3.12. The van der Waals surface area contributed by atoms with Gasteiger partial charge in [0.15, 0.2) is 0 Å². The van der Waals surface area contributed by atoms with Crippen LogP contribution in [0.25, 0.3) is 0 Å². The van der Waals surface area contributed by atoms with E-state index in [4.69, 9.17) is 0 Å². The van der Waals surface area contributed by atoms with E-state index in [0.717, 1.165) is 24.5 Å². The van der Waals surface area contributed by atoms with E-state index < -0.39 is 0 Å². The predicted molar refractivity (Wildman–Crippen MR) is 71.2 cm³/mol. The van der Waals surface area contributed by atoms with Crippen LogP contribution in [0.5, 0.6) is 0 Å². The topological polar surface area (TPSA) is 29.9 Å². The van der Waals surface area contributed by atoms with Gasteiger partial charge in [-0.1, -0.05) is 25.1 Å². The fraction of sp³-hybridized carbons (Fsp3) is 0.357. The number of rotatable bonds is 5. The van der Waals surface area contributed by atoms with Gasteiger partial charge in [0.2, 0.25) is 0 Å². The molecule has 1 N–H and O–H groups in total. The van der Waals surface area contributed by atoms with Crippen molar-refractivity contribution in [2.45, 2.75) is 26.3 Å². The van der Waals surface area contributed by atoms with Crippen LogP contribution in [-0.2, 0) is 6.42 Å². The third kappa shape index (κ3) is 2.87. The molecule has 0 saturated carbocycles. The number of hydrogen-bond donors (Lipinski definition) is 1. The average Bonchev–Trinajstić information content (AvgIpc) is 2.85. The van der Waals surface area contributed by atoms with Crippen molar-refractivity contribution in [1.29, 1.82) is 0 Å². The highest BCUT2D eigenvalue weighted by Crippen LogP contribution is 2.12. The molecule has 0 amide bonds. The smallest absolute Gasteiger partial charge is 0.108 e. The molecule has 0 aliphatic heterocycles. The van der Waals surface area contributed by atoms with Crippen LogP contribution in [0.4, 0.5) is 5.69 Å². The van der Waals surface area contributed by atoms with Crippen molar-refractivity contribution < 1.29 is 0 Å². The Labute approximate surface area is 103 Å². The number of aryl methyl sites for hydroxylation is 1. The van der Waals surface area contributed by atoms with E-state index in [1.165, 1.54) is 0 Å². The van der Waals surface area contributed by atoms with Gasteiger partial charge in [-0.2, -0.15) is 0 Å². The Morgan fingerprint density at radius 3 is 2.76 bits per heavy atom. The van der Waals surface area contributed by atoms with Crippen molar-refractivity contribution >= 4 is 5.69 Å². The molecular weight excluding hydrogens is 210 g/mol. The molecule has 90 valence electrons. The average molecular weight is 229 g/mol. The van der Waals surface area contributed by atoms with Crippen molar-refractivity contribution in [3.8, 4) is 0 Å². The van der Waals surface area contributed by atoms with Crippen LogP contribution in [0.3, 0.4) is 0 Å². The van der Waals surface area contributed by atoms with Crippen LogP contribution in [0.15, 0.2) is 42.7 Å². The maximum Gasteiger partial charge on any atom is 0.108 e. The molecule has 0 aliphatic carbocycles. The van der Waals surface area contributed by atoms with Crippen LogP contribution < -0.4 is 5.32 Å². The highest BCUT2D eigenvalue weighted by Gasteiger charge is 2.07. The lowest BCUT2D eigenvalue weighted by atomic mass is 10.2. The molecule has 3 heteroatoms. The lowest BCUT2D eigenvalue weighted by molar-refractivity contribution is 0.548. The summed E-state index contributed by atoms with van der Waals surface area (Å²) in [5.74, 6) is 1.15. The fourth-order valence-electron chi connectivity index (χ4n) is 1.94. The summed E-state index contributed by atoms with van der Waals surface area (Å²) in [6, 6.07) is 10.7. The molecule has 3 nitrogen and oxygen atoms in total. The first-order valence-corrected chi connectivity index (χ1v) is 6.12. The van der Waals surface area contributed by atoms with Crippen LogP contribution in [-0.4, -0.2) is 16.1 Å². The van der Waals surface area contributed by atoms with E-state index >= 15 is 0 Å². The number of para-hydroxylation sites is 1. The third-order valence-electron chi connectivity index (χ3n) is 2.92. The molecule has 0 aliphatic rings. The van der Waals surface area contributed by atoms with Gasteiger partial charge < -0.3 is 9.88 Å². The quantitative estimate of drug-likeness (QED) is 0.853. The van der Waals surface area contributed by atoms with Crippen LogP contribution in [0.2, 0.25) is 0 Å². The second kappa shape index (κ2) is 5.53. The van der Waals surface area contributed by atoms with Crippen molar-refractivity contribution in [3.63, 3.8) is 0 Å². The Morgan fingerprint density at radius 2 is 2.06 bits per heavy atom. The molecular formula is C14H19N3. The molecule has 0 bridgehead atoms. The standard InChI is InChI=1S/C14H19N3/c1-3-14-15-9-10-17(14)12(2)11-16-13-7-5-4-6-8-13/h4-10,12,16H,3,11H2,1-2H3. The number of benzene rings is 1. The zero-order valence-electron chi connectivity index (χ0n) is 10.4. The van der Waals surface area contributed by atoms with E-state index in [-0.39, 0.29) is 0 Å². The molecule has 17 heavy (non-hydrogen) atoms. The normalized spacial score (nSPS) is 12.4. The molecule has 1 atom stereocenters. The summed E-state index contributed by atoms with van der Waals surface area (Å²) >= 11 is 0. The Morgan fingerprint density at radius 1 is 1.29 bits per heavy atom. The zero-order valence-corrected chi connectivity index (χ0v) is 10.4. The van der Waals surface area contributed by atoms with E-state index in [1.807, 2.05) is 24.4 Å². The highest BCUT2D eigenvalue weighted by atomic mass is 15.1. The van der Waals surface area contributed by atoms with Crippen molar-refractivity contribution in [2.75, 3.05) is 11.9 Å². The van der Waals surface area contributed by atoms with Gasteiger partial charge in [-0.25, -0.2) is 4.98 Å². The molecule has 0 fully saturated rings. The van der Waals surface area contributed by atoms with Gasteiger partial charge in [-0.3, -0.25) is 0 Å². The van der Waals surface area contributed by atoms with Crippen molar-refractivity contribution in [1.82, 2.24) is 9.55 Å². The number of aromatic nitrogens is 2.